The maximum Gasteiger partial charge on any atom is 0.228 e. The Labute approximate surface area is 153 Å². The van der Waals surface area contributed by atoms with Gasteiger partial charge in [-0.2, -0.15) is 0 Å². The minimum absolute atomic E-state index is 0.0945. The predicted octanol–water partition coefficient (Wildman–Crippen LogP) is 6.26. The highest BCUT2D eigenvalue weighted by Gasteiger charge is 2.52. The minimum Gasteiger partial charge on any atom is -0.325 e. The lowest BCUT2D eigenvalue weighted by Crippen LogP contribution is -2.16. The molecule has 0 saturated heterocycles. The van der Waals surface area contributed by atoms with Crippen molar-refractivity contribution in [3.63, 3.8) is 0 Å². The summed E-state index contributed by atoms with van der Waals surface area (Å²) in [6.07, 6.45) is 15.6. The summed E-state index contributed by atoms with van der Waals surface area (Å²) in [5, 5.41) is 4.05. The number of anilines is 1. The van der Waals surface area contributed by atoms with Crippen molar-refractivity contribution in [1.82, 2.24) is 0 Å². The van der Waals surface area contributed by atoms with Crippen LogP contribution in [0.5, 0.6) is 0 Å². The van der Waals surface area contributed by atoms with Gasteiger partial charge in [-0.1, -0.05) is 47.5 Å². The number of amides is 1. The summed E-state index contributed by atoms with van der Waals surface area (Å²) in [6.45, 7) is 0. The van der Waals surface area contributed by atoms with Crippen LogP contribution in [0.3, 0.4) is 0 Å². The highest BCUT2D eigenvalue weighted by molar-refractivity contribution is 6.36. The molecule has 24 heavy (non-hydrogen) atoms. The van der Waals surface area contributed by atoms with Crippen molar-refractivity contribution in [2.75, 3.05) is 5.32 Å². The van der Waals surface area contributed by atoms with Crippen molar-refractivity contribution in [2.24, 2.45) is 17.8 Å². The average molecular weight is 364 g/mol. The standard InChI is InChI=1S/C20H23Cl2NO/c21-14-11-12-18(17(22)13-14)23-20(24)19-15-9-7-5-3-1-2-4-6-8-10-16(15)19/h3-6,11-13,15-16,19H,1-2,7-10H2,(H,23,24)/b5-3-,6-4+/t15-,16-,19?/m1/s1. The molecule has 0 aromatic heterocycles. The molecule has 1 N–H and O–H groups in total. The van der Waals surface area contributed by atoms with Gasteiger partial charge in [0.05, 0.1) is 10.7 Å². The summed E-state index contributed by atoms with van der Waals surface area (Å²) in [6, 6.07) is 5.17. The molecule has 0 aliphatic heterocycles. The molecular formula is C20H23Cl2NO. The molecule has 0 radical (unpaired) electrons. The number of hydrogen-bond donors (Lipinski definition) is 1. The molecule has 1 aromatic carbocycles. The molecule has 1 amide bonds. The van der Waals surface area contributed by atoms with E-state index in [1.807, 2.05) is 0 Å². The van der Waals surface area contributed by atoms with Crippen molar-refractivity contribution in [2.45, 2.75) is 38.5 Å². The van der Waals surface area contributed by atoms with E-state index in [2.05, 4.69) is 29.6 Å². The first kappa shape index (κ1) is 17.6. The van der Waals surface area contributed by atoms with E-state index < -0.39 is 0 Å². The van der Waals surface area contributed by atoms with Gasteiger partial charge >= 0.3 is 0 Å². The lowest BCUT2D eigenvalue weighted by molar-refractivity contribution is -0.117. The van der Waals surface area contributed by atoms with Crippen LogP contribution in [0.1, 0.15) is 38.5 Å². The molecule has 2 aliphatic rings. The Kier molecular flexibility index (Phi) is 6.02. The van der Waals surface area contributed by atoms with Crippen LogP contribution in [0.25, 0.3) is 0 Å². The average Bonchev–Trinajstić information content (AvgIpc) is 3.22. The van der Waals surface area contributed by atoms with Gasteiger partial charge in [0.1, 0.15) is 0 Å². The van der Waals surface area contributed by atoms with Crippen LogP contribution < -0.4 is 5.32 Å². The fourth-order valence-electron chi connectivity index (χ4n) is 3.67. The minimum atomic E-state index is 0.0945. The number of halogens is 2. The highest BCUT2D eigenvalue weighted by atomic mass is 35.5. The number of nitrogens with one attached hydrogen (secondary N) is 1. The second kappa shape index (κ2) is 8.22. The molecule has 0 heterocycles. The molecule has 3 atom stereocenters. The van der Waals surface area contributed by atoms with Crippen LogP contribution in [0.15, 0.2) is 42.5 Å². The van der Waals surface area contributed by atoms with Gasteiger partial charge in [0.2, 0.25) is 5.91 Å². The predicted molar refractivity (Wildman–Crippen MR) is 102 cm³/mol. The topological polar surface area (TPSA) is 29.1 Å². The van der Waals surface area contributed by atoms with Gasteiger partial charge < -0.3 is 5.32 Å². The van der Waals surface area contributed by atoms with E-state index in [0.29, 0.717) is 27.6 Å². The summed E-state index contributed by atoms with van der Waals surface area (Å²) in [4.78, 5) is 12.7. The van der Waals surface area contributed by atoms with Crippen LogP contribution >= 0.6 is 23.2 Å². The Hall–Kier alpha value is -1.25. The first-order chi connectivity index (χ1) is 11.7. The van der Waals surface area contributed by atoms with E-state index in [0.717, 1.165) is 38.5 Å². The first-order valence-electron chi connectivity index (χ1n) is 8.72. The molecular weight excluding hydrogens is 341 g/mol. The van der Waals surface area contributed by atoms with Gasteiger partial charge in [0.15, 0.2) is 0 Å². The largest absolute Gasteiger partial charge is 0.325 e. The second-order valence-electron chi connectivity index (χ2n) is 6.64. The van der Waals surface area contributed by atoms with E-state index in [-0.39, 0.29) is 11.8 Å². The number of carbonyl (C=O) groups is 1. The zero-order valence-electron chi connectivity index (χ0n) is 13.7. The summed E-state index contributed by atoms with van der Waals surface area (Å²) in [5.41, 5.74) is 0.646. The maximum absolute atomic E-state index is 12.7. The molecule has 0 spiro atoms. The molecule has 0 bridgehead atoms. The highest BCUT2D eigenvalue weighted by Crippen LogP contribution is 2.52. The Balaban J connectivity index is 1.64. The SMILES string of the molecule is O=C(Nc1ccc(Cl)cc1Cl)C1[C@@H]2CC/C=C\CC/C=C/CC[C@@H]12. The number of rotatable bonds is 2. The van der Waals surface area contributed by atoms with Gasteiger partial charge in [-0.25, -0.2) is 0 Å². The molecule has 1 aromatic rings. The molecule has 1 unspecified atom stereocenters. The smallest absolute Gasteiger partial charge is 0.228 e. The Morgan fingerprint density at radius 2 is 1.50 bits per heavy atom. The fourth-order valence-corrected chi connectivity index (χ4v) is 4.12. The molecule has 2 aliphatic carbocycles. The van der Waals surface area contributed by atoms with E-state index in [1.165, 1.54) is 0 Å². The van der Waals surface area contributed by atoms with E-state index in [4.69, 9.17) is 23.2 Å². The fraction of sp³-hybridized carbons (Fsp3) is 0.450. The lowest BCUT2D eigenvalue weighted by Gasteiger charge is -2.07. The summed E-state index contributed by atoms with van der Waals surface area (Å²) < 4.78 is 0. The molecule has 2 nitrogen and oxygen atoms in total. The van der Waals surface area contributed by atoms with Crippen molar-refractivity contribution in [1.29, 1.82) is 0 Å². The van der Waals surface area contributed by atoms with Crippen LogP contribution in [0.2, 0.25) is 10.0 Å². The van der Waals surface area contributed by atoms with E-state index in [9.17, 15) is 4.79 Å². The summed E-state index contributed by atoms with van der Waals surface area (Å²) in [5.74, 6) is 1.19. The Bertz CT molecular complexity index is 629. The third-order valence-corrected chi connectivity index (χ3v) is 5.54. The zero-order valence-corrected chi connectivity index (χ0v) is 15.2. The van der Waals surface area contributed by atoms with Crippen LogP contribution in [-0.4, -0.2) is 5.91 Å². The van der Waals surface area contributed by atoms with Crippen molar-refractivity contribution in [3.8, 4) is 0 Å². The van der Waals surface area contributed by atoms with E-state index in [1.54, 1.807) is 18.2 Å². The number of carbonyl (C=O) groups excluding carboxylic acids is 1. The van der Waals surface area contributed by atoms with Gasteiger partial charge in [-0.15, -0.1) is 0 Å². The van der Waals surface area contributed by atoms with Crippen molar-refractivity contribution in [3.05, 3.63) is 52.5 Å². The molecule has 128 valence electrons. The van der Waals surface area contributed by atoms with E-state index >= 15 is 0 Å². The van der Waals surface area contributed by atoms with Crippen LogP contribution in [0, 0.1) is 17.8 Å². The molecule has 3 rings (SSSR count). The quantitative estimate of drug-likeness (QED) is 0.617. The van der Waals surface area contributed by atoms with Gasteiger partial charge in [-0.3, -0.25) is 4.79 Å². The van der Waals surface area contributed by atoms with Crippen LogP contribution in [0.4, 0.5) is 5.69 Å². The Morgan fingerprint density at radius 3 is 2.08 bits per heavy atom. The molecule has 1 saturated carbocycles. The lowest BCUT2D eigenvalue weighted by atomic mass is 10.1. The monoisotopic (exact) mass is 363 g/mol. The molecule has 4 heteroatoms. The molecule has 1 fully saturated rings. The van der Waals surface area contributed by atoms with Gasteiger partial charge in [0.25, 0.3) is 0 Å². The number of fused-ring (bicyclic) bond motifs is 1. The Morgan fingerprint density at radius 1 is 0.917 bits per heavy atom. The first-order valence-corrected chi connectivity index (χ1v) is 9.48. The van der Waals surface area contributed by atoms with Gasteiger partial charge in [0, 0.05) is 10.9 Å². The normalized spacial score (nSPS) is 29.5. The number of hydrogen-bond acceptors (Lipinski definition) is 1. The third-order valence-electron chi connectivity index (χ3n) is 4.99. The zero-order chi connectivity index (χ0) is 16.9. The van der Waals surface area contributed by atoms with Crippen LogP contribution in [-0.2, 0) is 4.79 Å². The third kappa shape index (κ3) is 4.43. The maximum atomic E-state index is 12.7. The second-order valence-corrected chi connectivity index (χ2v) is 7.49. The number of allylic oxidation sites excluding steroid dienone is 4. The summed E-state index contributed by atoms with van der Waals surface area (Å²) >= 11 is 12.1. The van der Waals surface area contributed by atoms with Crippen molar-refractivity contribution < 1.29 is 4.79 Å². The van der Waals surface area contributed by atoms with Crippen molar-refractivity contribution >= 4 is 34.8 Å². The number of benzene rings is 1. The summed E-state index contributed by atoms with van der Waals surface area (Å²) in [7, 11) is 0. The van der Waals surface area contributed by atoms with Gasteiger partial charge in [-0.05, 0) is 68.6 Å².